The van der Waals surface area contributed by atoms with E-state index in [2.05, 4.69) is 24.2 Å². The molecule has 0 radical (unpaired) electrons. The zero-order valence-electron chi connectivity index (χ0n) is 13.1. The van der Waals surface area contributed by atoms with Crippen molar-refractivity contribution in [2.45, 2.75) is 33.2 Å². The molecule has 0 heterocycles. The van der Waals surface area contributed by atoms with E-state index in [0.29, 0.717) is 5.69 Å². The summed E-state index contributed by atoms with van der Waals surface area (Å²) in [4.78, 5) is 13.2. The van der Waals surface area contributed by atoms with E-state index < -0.39 is 0 Å². The molecule has 0 spiro atoms. The predicted octanol–water partition coefficient (Wildman–Crippen LogP) is 3.50. The van der Waals surface area contributed by atoms with Crippen LogP contribution < -0.4 is 5.32 Å². The average molecular weight is 291 g/mol. The van der Waals surface area contributed by atoms with Gasteiger partial charge in [-0.25, -0.2) is 0 Å². The fourth-order valence-electron chi connectivity index (χ4n) is 2.67. The number of nitrogens with zero attached hydrogens (tertiary/aromatic N) is 2. The van der Waals surface area contributed by atoms with Crippen LogP contribution in [0.2, 0.25) is 0 Å². The largest absolute Gasteiger partial charge is 0.380 e. The van der Waals surface area contributed by atoms with Gasteiger partial charge in [-0.1, -0.05) is 19.9 Å². The van der Waals surface area contributed by atoms with Gasteiger partial charge in [0.1, 0.15) is 5.69 Å². The van der Waals surface area contributed by atoms with Crippen LogP contribution in [-0.2, 0) is 6.54 Å². The van der Waals surface area contributed by atoms with Crippen LogP contribution in [0.5, 0.6) is 0 Å². The van der Waals surface area contributed by atoms with Crippen molar-refractivity contribution < 1.29 is 4.92 Å². The lowest BCUT2D eigenvalue weighted by Crippen LogP contribution is -2.21. The summed E-state index contributed by atoms with van der Waals surface area (Å²) in [6.45, 7) is 6.90. The third-order valence-corrected chi connectivity index (χ3v) is 4.10. The van der Waals surface area contributed by atoms with Crippen LogP contribution in [0.15, 0.2) is 18.2 Å². The molecule has 0 amide bonds. The number of hydrogen-bond donors (Lipinski definition) is 1. The zero-order chi connectivity index (χ0) is 15.4. The van der Waals surface area contributed by atoms with Crippen molar-refractivity contribution in [1.29, 1.82) is 0 Å². The SMILES string of the molecule is CCCNc1ccc(CN(C)CC2CC2C)cc1[N+](=O)[O-]. The molecule has 2 unspecified atom stereocenters. The van der Waals surface area contributed by atoms with Crippen LogP contribution in [0.1, 0.15) is 32.3 Å². The molecule has 1 aliphatic rings. The highest BCUT2D eigenvalue weighted by atomic mass is 16.6. The Balaban J connectivity index is 2.02. The monoisotopic (exact) mass is 291 g/mol. The lowest BCUT2D eigenvalue weighted by Gasteiger charge is -2.17. The molecule has 2 rings (SSSR count). The van der Waals surface area contributed by atoms with Gasteiger partial charge in [-0.2, -0.15) is 0 Å². The van der Waals surface area contributed by atoms with Crippen LogP contribution in [0.25, 0.3) is 0 Å². The van der Waals surface area contributed by atoms with Crippen LogP contribution >= 0.6 is 0 Å². The summed E-state index contributed by atoms with van der Waals surface area (Å²) in [6.07, 6.45) is 2.26. The Labute approximate surface area is 126 Å². The van der Waals surface area contributed by atoms with E-state index in [9.17, 15) is 10.1 Å². The molecule has 5 heteroatoms. The van der Waals surface area contributed by atoms with Crippen molar-refractivity contribution in [3.05, 3.63) is 33.9 Å². The third kappa shape index (κ3) is 4.43. The molecule has 116 valence electrons. The Morgan fingerprint density at radius 1 is 1.48 bits per heavy atom. The second kappa shape index (κ2) is 6.89. The maximum Gasteiger partial charge on any atom is 0.292 e. The molecule has 21 heavy (non-hydrogen) atoms. The molecule has 2 atom stereocenters. The zero-order valence-corrected chi connectivity index (χ0v) is 13.1. The minimum Gasteiger partial charge on any atom is -0.380 e. The van der Waals surface area contributed by atoms with Gasteiger partial charge >= 0.3 is 0 Å². The Morgan fingerprint density at radius 3 is 2.76 bits per heavy atom. The maximum atomic E-state index is 11.2. The highest BCUT2D eigenvalue weighted by molar-refractivity contribution is 5.62. The van der Waals surface area contributed by atoms with E-state index in [1.165, 1.54) is 6.42 Å². The molecule has 0 aromatic heterocycles. The summed E-state index contributed by atoms with van der Waals surface area (Å²) in [5, 5.41) is 14.3. The highest BCUT2D eigenvalue weighted by Crippen LogP contribution is 2.38. The second-order valence-electron chi connectivity index (χ2n) is 6.21. The van der Waals surface area contributed by atoms with E-state index in [-0.39, 0.29) is 10.6 Å². The fraction of sp³-hybridized carbons (Fsp3) is 0.625. The van der Waals surface area contributed by atoms with Crippen molar-refractivity contribution in [2.75, 3.05) is 25.5 Å². The van der Waals surface area contributed by atoms with Crippen molar-refractivity contribution >= 4 is 11.4 Å². The molecule has 1 saturated carbocycles. The third-order valence-electron chi connectivity index (χ3n) is 4.10. The molecule has 0 saturated heterocycles. The van der Waals surface area contributed by atoms with E-state index in [1.54, 1.807) is 6.07 Å². The van der Waals surface area contributed by atoms with Gasteiger partial charge < -0.3 is 10.2 Å². The van der Waals surface area contributed by atoms with Crippen LogP contribution in [0.3, 0.4) is 0 Å². The van der Waals surface area contributed by atoms with E-state index >= 15 is 0 Å². The highest BCUT2D eigenvalue weighted by Gasteiger charge is 2.33. The van der Waals surface area contributed by atoms with Crippen LogP contribution in [0.4, 0.5) is 11.4 Å². The minimum absolute atomic E-state index is 0.175. The molecule has 0 bridgehead atoms. The van der Waals surface area contributed by atoms with E-state index in [4.69, 9.17) is 0 Å². The first-order chi connectivity index (χ1) is 10.0. The maximum absolute atomic E-state index is 11.2. The predicted molar refractivity (Wildman–Crippen MR) is 85.5 cm³/mol. The number of nitrogens with one attached hydrogen (secondary N) is 1. The van der Waals surface area contributed by atoms with Gasteiger partial charge in [0.2, 0.25) is 0 Å². The Bertz CT molecular complexity index is 504. The second-order valence-corrected chi connectivity index (χ2v) is 6.21. The van der Waals surface area contributed by atoms with E-state index in [0.717, 1.165) is 43.5 Å². The number of hydrogen-bond acceptors (Lipinski definition) is 4. The quantitative estimate of drug-likeness (QED) is 0.588. The summed E-state index contributed by atoms with van der Waals surface area (Å²) in [5.74, 6) is 1.64. The van der Waals surface area contributed by atoms with Gasteiger partial charge in [0, 0.05) is 25.7 Å². The number of nitro groups is 1. The normalized spacial score (nSPS) is 20.6. The summed E-state index contributed by atoms with van der Waals surface area (Å²) >= 11 is 0. The molecule has 1 aromatic rings. The topological polar surface area (TPSA) is 58.4 Å². The van der Waals surface area contributed by atoms with Crippen LogP contribution in [0, 0.1) is 22.0 Å². The molecular formula is C16H25N3O2. The first-order valence-electron chi connectivity index (χ1n) is 7.71. The average Bonchev–Trinajstić information content (AvgIpc) is 3.12. The Morgan fingerprint density at radius 2 is 2.19 bits per heavy atom. The van der Waals surface area contributed by atoms with Crippen molar-refractivity contribution in [3.8, 4) is 0 Å². The molecule has 1 fully saturated rings. The Hall–Kier alpha value is -1.62. The molecule has 0 aliphatic heterocycles. The molecule has 1 aliphatic carbocycles. The lowest BCUT2D eigenvalue weighted by molar-refractivity contribution is -0.384. The van der Waals surface area contributed by atoms with Gasteiger partial charge in [-0.3, -0.25) is 10.1 Å². The summed E-state index contributed by atoms with van der Waals surface area (Å²) < 4.78 is 0. The van der Waals surface area contributed by atoms with Crippen LogP contribution in [-0.4, -0.2) is 30.0 Å². The lowest BCUT2D eigenvalue weighted by atomic mass is 10.1. The summed E-state index contributed by atoms with van der Waals surface area (Å²) in [6, 6.07) is 5.51. The number of nitro benzene ring substituents is 1. The van der Waals surface area contributed by atoms with E-state index in [1.807, 2.05) is 19.1 Å². The molecule has 1 aromatic carbocycles. The van der Waals surface area contributed by atoms with Gasteiger partial charge in [0.15, 0.2) is 0 Å². The first-order valence-corrected chi connectivity index (χ1v) is 7.71. The molecule has 5 nitrogen and oxygen atoms in total. The smallest absolute Gasteiger partial charge is 0.292 e. The fourth-order valence-corrected chi connectivity index (χ4v) is 2.67. The number of benzene rings is 1. The molecule has 1 N–H and O–H groups in total. The summed E-state index contributed by atoms with van der Waals surface area (Å²) in [7, 11) is 2.08. The van der Waals surface area contributed by atoms with Crippen molar-refractivity contribution in [1.82, 2.24) is 4.90 Å². The van der Waals surface area contributed by atoms with Crippen molar-refractivity contribution in [3.63, 3.8) is 0 Å². The standard InChI is InChI=1S/C16H25N3O2/c1-4-7-17-15-6-5-13(9-16(15)19(20)21)10-18(3)11-14-8-12(14)2/h5-6,9,12,14,17H,4,7-8,10-11H2,1-3H3. The van der Waals surface area contributed by atoms with Gasteiger partial charge in [0.05, 0.1) is 4.92 Å². The minimum atomic E-state index is -0.301. The van der Waals surface area contributed by atoms with Gasteiger partial charge in [-0.15, -0.1) is 0 Å². The number of rotatable bonds is 8. The first kappa shape index (κ1) is 15.8. The Kier molecular flexibility index (Phi) is 5.17. The summed E-state index contributed by atoms with van der Waals surface area (Å²) in [5.41, 5.74) is 1.79. The van der Waals surface area contributed by atoms with Gasteiger partial charge in [0.25, 0.3) is 5.69 Å². The molecular weight excluding hydrogens is 266 g/mol. The van der Waals surface area contributed by atoms with Crippen molar-refractivity contribution in [2.24, 2.45) is 11.8 Å². The van der Waals surface area contributed by atoms with Gasteiger partial charge in [-0.05, 0) is 43.4 Å². The number of anilines is 1.